The summed E-state index contributed by atoms with van der Waals surface area (Å²) in [6.45, 7) is 0.288. The van der Waals surface area contributed by atoms with Gasteiger partial charge in [0, 0.05) is 18.2 Å². The Kier molecular flexibility index (Phi) is 7.18. The summed E-state index contributed by atoms with van der Waals surface area (Å²) in [4.78, 5) is 25.1. The van der Waals surface area contributed by atoms with Crippen LogP contribution in [0.5, 0.6) is 0 Å². The molecule has 3 aromatic rings. The molecule has 3 rings (SSSR count). The molecule has 2 N–H and O–H groups in total. The molecular weight excluding hydrogens is 486 g/mol. The van der Waals surface area contributed by atoms with Gasteiger partial charge in [-0.3, -0.25) is 9.59 Å². The van der Waals surface area contributed by atoms with E-state index < -0.39 is 11.8 Å². The molecular formula is C22H18FIN2O3. The maximum Gasteiger partial charge on any atom is 0.267 e. The Morgan fingerprint density at radius 2 is 1.83 bits per heavy atom. The van der Waals surface area contributed by atoms with E-state index in [2.05, 4.69) is 10.6 Å². The number of amides is 2. The molecule has 0 aliphatic carbocycles. The molecule has 0 saturated heterocycles. The molecule has 1 aromatic heterocycles. The van der Waals surface area contributed by atoms with Gasteiger partial charge >= 0.3 is 0 Å². The van der Waals surface area contributed by atoms with Crippen molar-refractivity contribution < 1.29 is 18.4 Å². The number of nitrogens with one attached hydrogen (secondary N) is 2. The molecule has 0 aliphatic rings. The van der Waals surface area contributed by atoms with Gasteiger partial charge in [-0.05, 0) is 71.0 Å². The lowest BCUT2D eigenvalue weighted by atomic mass is 10.1. The van der Waals surface area contributed by atoms with E-state index in [0.717, 1.165) is 5.56 Å². The topological polar surface area (TPSA) is 71.3 Å². The van der Waals surface area contributed by atoms with Gasteiger partial charge in [-0.1, -0.05) is 30.3 Å². The van der Waals surface area contributed by atoms with Crippen LogP contribution in [0.15, 0.2) is 76.8 Å². The zero-order valence-corrected chi connectivity index (χ0v) is 17.5. The van der Waals surface area contributed by atoms with Gasteiger partial charge < -0.3 is 15.1 Å². The Labute approximate surface area is 181 Å². The van der Waals surface area contributed by atoms with Crippen LogP contribution >= 0.6 is 22.6 Å². The van der Waals surface area contributed by atoms with Crippen molar-refractivity contribution in [3.05, 3.63) is 98.9 Å². The first-order chi connectivity index (χ1) is 14.0. The molecule has 0 spiro atoms. The highest BCUT2D eigenvalue weighted by Crippen LogP contribution is 2.13. The molecule has 0 saturated carbocycles. The fraction of sp³-hybridized carbons (Fsp3) is 0.0909. The van der Waals surface area contributed by atoms with Crippen LogP contribution in [0.4, 0.5) is 4.39 Å². The number of carbonyl (C=O) groups is 2. The molecule has 7 heteroatoms. The van der Waals surface area contributed by atoms with Crippen LogP contribution < -0.4 is 10.6 Å². The van der Waals surface area contributed by atoms with Gasteiger partial charge in [0.25, 0.3) is 11.8 Å². The summed E-state index contributed by atoms with van der Waals surface area (Å²) in [6.07, 6.45) is 1.93. The van der Waals surface area contributed by atoms with Crippen molar-refractivity contribution in [3.8, 4) is 0 Å². The van der Waals surface area contributed by atoms with Gasteiger partial charge in [-0.2, -0.15) is 0 Å². The first kappa shape index (κ1) is 20.8. The van der Waals surface area contributed by atoms with Crippen LogP contribution in [-0.4, -0.2) is 18.4 Å². The van der Waals surface area contributed by atoms with E-state index in [4.69, 9.17) is 4.42 Å². The average Bonchev–Trinajstić information content (AvgIpc) is 3.13. The molecule has 0 unspecified atom stereocenters. The lowest BCUT2D eigenvalue weighted by molar-refractivity contribution is -0.117. The second-order valence-electron chi connectivity index (χ2n) is 6.16. The molecule has 148 valence electrons. The van der Waals surface area contributed by atoms with Crippen molar-refractivity contribution in [1.29, 1.82) is 0 Å². The molecule has 0 aliphatic heterocycles. The Hall–Kier alpha value is -2.94. The second-order valence-corrected chi connectivity index (χ2v) is 7.22. The zero-order valence-electron chi connectivity index (χ0n) is 15.3. The van der Waals surface area contributed by atoms with Crippen molar-refractivity contribution in [2.45, 2.75) is 6.42 Å². The number of rotatable bonds is 7. The minimum absolute atomic E-state index is 0.0591. The fourth-order valence-corrected chi connectivity index (χ4v) is 3.03. The van der Waals surface area contributed by atoms with Crippen molar-refractivity contribution in [1.82, 2.24) is 10.6 Å². The highest BCUT2D eigenvalue weighted by molar-refractivity contribution is 14.1. The lowest BCUT2D eigenvalue weighted by Crippen LogP contribution is -2.35. The molecule has 0 fully saturated rings. The Morgan fingerprint density at radius 3 is 2.52 bits per heavy atom. The van der Waals surface area contributed by atoms with E-state index in [1.54, 1.807) is 54.6 Å². The highest BCUT2D eigenvalue weighted by Gasteiger charge is 2.15. The summed E-state index contributed by atoms with van der Waals surface area (Å²) < 4.78 is 19.4. The summed E-state index contributed by atoms with van der Waals surface area (Å²) >= 11 is 2.02. The highest BCUT2D eigenvalue weighted by atomic mass is 127. The Bertz CT molecular complexity index is 1030. The zero-order chi connectivity index (χ0) is 20.6. The third-order valence-electron chi connectivity index (χ3n) is 4.00. The first-order valence-electron chi connectivity index (χ1n) is 8.87. The molecule has 29 heavy (non-hydrogen) atoms. The molecule has 0 radical (unpaired) electrons. The number of benzene rings is 2. The van der Waals surface area contributed by atoms with Gasteiger partial charge in [0.15, 0.2) is 3.77 Å². The summed E-state index contributed by atoms with van der Waals surface area (Å²) in [5, 5.41) is 5.38. The quantitative estimate of drug-likeness (QED) is 0.375. The third-order valence-corrected chi connectivity index (χ3v) is 4.58. The van der Waals surface area contributed by atoms with Crippen LogP contribution in [0.1, 0.15) is 21.7 Å². The molecule has 0 atom stereocenters. The van der Waals surface area contributed by atoms with Crippen LogP contribution in [0.3, 0.4) is 0 Å². The lowest BCUT2D eigenvalue weighted by Gasteiger charge is -2.11. The molecule has 2 aromatic carbocycles. The van der Waals surface area contributed by atoms with E-state index >= 15 is 0 Å². The van der Waals surface area contributed by atoms with Crippen LogP contribution in [-0.2, 0) is 11.2 Å². The van der Waals surface area contributed by atoms with E-state index in [-0.39, 0.29) is 18.1 Å². The molecule has 0 bridgehead atoms. The van der Waals surface area contributed by atoms with Gasteiger partial charge in [0.1, 0.15) is 17.3 Å². The molecule has 2 amide bonds. The normalized spacial score (nSPS) is 11.2. The van der Waals surface area contributed by atoms with Crippen LogP contribution in [0.25, 0.3) is 6.08 Å². The summed E-state index contributed by atoms with van der Waals surface area (Å²) in [6, 6.07) is 18.3. The predicted molar refractivity (Wildman–Crippen MR) is 116 cm³/mol. The number of hydrogen-bond acceptors (Lipinski definition) is 3. The monoisotopic (exact) mass is 504 g/mol. The summed E-state index contributed by atoms with van der Waals surface area (Å²) in [5.74, 6) is -0.745. The first-order valence-corrected chi connectivity index (χ1v) is 9.95. The molecule has 5 nitrogen and oxygen atoms in total. The van der Waals surface area contributed by atoms with Gasteiger partial charge in [0.2, 0.25) is 0 Å². The smallest absolute Gasteiger partial charge is 0.267 e. The van der Waals surface area contributed by atoms with Gasteiger partial charge in [-0.25, -0.2) is 4.39 Å². The summed E-state index contributed by atoms with van der Waals surface area (Å²) in [5.41, 5.74) is 1.26. The van der Waals surface area contributed by atoms with Crippen molar-refractivity contribution in [2.75, 3.05) is 6.54 Å². The van der Waals surface area contributed by atoms with Crippen LogP contribution in [0, 0.1) is 9.58 Å². The second kappa shape index (κ2) is 10.0. The standard InChI is InChI=1S/C22H18FIN2O3/c23-17-8-4-5-15(13-17)11-12-25-22(28)19(14-18-9-10-20(24)29-18)26-21(27)16-6-2-1-3-7-16/h1-10,13-14H,11-12H2,(H,25,28)(H,26,27)/b19-14-. The maximum absolute atomic E-state index is 13.3. The number of carbonyl (C=O) groups excluding carboxylic acids is 2. The maximum atomic E-state index is 13.3. The predicted octanol–water partition coefficient (Wildman–Crippen LogP) is 4.15. The fourth-order valence-electron chi connectivity index (χ4n) is 2.60. The van der Waals surface area contributed by atoms with Crippen molar-refractivity contribution >= 4 is 40.5 Å². The van der Waals surface area contributed by atoms with Crippen LogP contribution in [0.2, 0.25) is 0 Å². The number of furan rings is 1. The Morgan fingerprint density at radius 1 is 1.03 bits per heavy atom. The molecule has 1 heterocycles. The summed E-state index contributed by atoms with van der Waals surface area (Å²) in [7, 11) is 0. The van der Waals surface area contributed by atoms with Gasteiger partial charge in [0.05, 0.1) is 0 Å². The SMILES string of the molecule is O=C(NCCc1cccc(F)c1)/C(=C/c1ccc(I)o1)NC(=O)c1ccccc1. The van der Waals surface area contributed by atoms with E-state index in [0.29, 0.717) is 21.5 Å². The van der Waals surface area contributed by atoms with Crippen molar-refractivity contribution in [3.63, 3.8) is 0 Å². The largest absolute Gasteiger partial charge is 0.451 e. The number of hydrogen-bond donors (Lipinski definition) is 2. The third kappa shape index (κ3) is 6.28. The van der Waals surface area contributed by atoms with Crippen molar-refractivity contribution in [2.24, 2.45) is 0 Å². The number of halogens is 2. The average molecular weight is 504 g/mol. The van der Waals surface area contributed by atoms with E-state index in [1.807, 2.05) is 22.6 Å². The van der Waals surface area contributed by atoms with E-state index in [1.165, 1.54) is 18.2 Å². The minimum atomic E-state index is -0.461. The Balaban J connectivity index is 1.70. The van der Waals surface area contributed by atoms with Gasteiger partial charge in [-0.15, -0.1) is 0 Å². The van der Waals surface area contributed by atoms with E-state index in [9.17, 15) is 14.0 Å². The minimum Gasteiger partial charge on any atom is -0.451 e.